The molecule has 0 amide bonds. The van der Waals surface area contributed by atoms with Crippen molar-refractivity contribution in [2.75, 3.05) is 6.54 Å². The zero-order valence-corrected chi connectivity index (χ0v) is 13.9. The second-order valence-electron chi connectivity index (χ2n) is 5.49. The average Bonchev–Trinajstić information content (AvgIpc) is 3.01. The Morgan fingerprint density at radius 2 is 2.06 bits per heavy atom. The van der Waals surface area contributed by atoms with Gasteiger partial charge in [0.2, 0.25) is 0 Å². The van der Waals surface area contributed by atoms with Gasteiger partial charge in [0.25, 0.3) is 0 Å². The van der Waals surface area contributed by atoms with Gasteiger partial charge >= 0.3 is 0 Å². The summed E-state index contributed by atoms with van der Waals surface area (Å²) in [6.45, 7) is 5.74. The molecule has 1 aromatic rings. The van der Waals surface area contributed by atoms with Crippen molar-refractivity contribution < 1.29 is 0 Å². The summed E-state index contributed by atoms with van der Waals surface area (Å²) in [6, 6.07) is 0.533. The van der Waals surface area contributed by atoms with Crippen LogP contribution in [0.3, 0.4) is 0 Å². The Kier molecular flexibility index (Phi) is 5.28. The summed E-state index contributed by atoms with van der Waals surface area (Å²) >= 11 is 5.54. The highest BCUT2D eigenvalue weighted by Crippen LogP contribution is 2.51. The van der Waals surface area contributed by atoms with Crippen molar-refractivity contribution in [2.45, 2.75) is 58.4 Å². The quantitative estimate of drug-likeness (QED) is 0.724. The second kappa shape index (κ2) is 6.53. The smallest absolute Gasteiger partial charge is 0.0396 e. The van der Waals surface area contributed by atoms with Crippen molar-refractivity contribution >= 4 is 27.3 Å². The van der Waals surface area contributed by atoms with E-state index in [1.165, 1.54) is 48.6 Å². The van der Waals surface area contributed by atoms with Crippen molar-refractivity contribution in [3.8, 4) is 0 Å². The van der Waals surface area contributed by atoms with E-state index in [2.05, 4.69) is 45.9 Å². The van der Waals surface area contributed by atoms with Crippen LogP contribution in [0.4, 0.5) is 0 Å². The molecular formula is C15H24BrNS. The Morgan fingerprint density at radius 3 is 2.56 bits per heavy atom. The predicted molar refractivity (Wildman–Crippen MR) is 84.2 cm³/mol. The molecule has 1 aromatic heterocycles. The van der Waals surface area contributed by atoms with Gasteiger partial charge in [-0.1, -0.05) is 26.7 Å². The van der Waals surface area contributed by atoms with Crippen LogP contribution in [0.15, 0.2) is 15.2 Å². The zero-order chi connectivity index (χ0) is 13.0. The van der Waals surface area contributed by atoms with E-state index >= 15 is 0 Å². The SMILES string of the molecule is CCCNC(c1cscc1Br)C1(CC)CCCC1. The number of halogens is 1. The van der Waals surface area contributed by atoms with Gasteiger partial charge in [0.1, 0.15) is 0 Å². The van der Waals surface area contributed by atoms with E-state index in [-0.39, 0.29) is 0 Å². The molecule has 1 aliphatic rings. The fourth-order valence-corrected chi connectivity index (χ4v) is 4.92. The van der Waals surface area contributed by atoms with E-state index in [9.17, 15) is 0 Å². The molecule has 0 radical (unpaired) electrons. The van der Waals surface area contributed by atoms with Gasteiger partial charge in [-0.2, -0.15) is 11.3 Å². The van der Waals surface area contributed by atoms with E-state index in [4.69, 9.17) is 0 Å². The molecule has 1 fully saturated rings. The summed E-state index contributed by atoms with van der Waals surface area (Å²) in [7, 11) is 0. The third kappa shape index (κ3) is 2.83. The van der Waals surface area contributed by atoms with Crippen molar-refractivity contribution in [1.82, 2.24) is 5.32 Å². The Morgan fingerprint density at radius 1 is 1.33 bits per heavy atom. The van der Waals surface area contributed by atoms with Crippen LogP contribution in [0.25, 0.3) is 0 Å². The summed E-state index contributed by atoms with van der Waals surface area (Å²) in [6.07, 6.45) is 8.06. The Labute approximate surface area is 123 Å². The maximum Gasteiger partial charge on any atom is 0.0396 e. The molecule has 1 nitrogen and oxygen atoms in total. The van der Waals surface area contributed by atoms with Gasteiger partial charge in [-0.15, -0.1) is 0 Å². The monoisotopic (exact) mass is 329 g/mol. The molecule has 0 spiro atoms. The normalized spacial score (nSPS) is 20.2. The molecule has 1 saturated carbocycles. The first-order chi connectivity index (χ1) is 8.73. The highest BCUT2D eigenvalue weighted by molar-refractivity contribution is 9.10. The molecule has 0 aliphatic heterocycles. The lowest BCUT2D eigenvalue weighted by Crippen LogP contribution is -2.36. The van der Waals surface area contributed by atoms with Crippen LogP contribution in [-0.4, -0.2) is 6.54 Å². The van der Waals surface area contributed by atoms with Crippen LogP contribution in [0.5, 0.6) is 0 Å². The lowest BCUT2D eigenvalue weighted by Gasteiger charge is -2.38. The molecule has 1 N–H and O–H groups in total. The van der Waals surface area contributed by atoms with E-state index in [1.54, 1.807) is 0 Å². The van der Waals surface area contributed by atoms with Crippen molar-refractivity contribution in [2.24, 2.45) is 5.41 Å². The molecule has 3 heteroatoms. The summed E-state index contributed by atoms with van der Waals surface area (Å²) in [5, 5.41) is 8.37. The van der Waals surface area contributed by atoms with Gasteiger partial charge < -0.3 is 5.32 Å². The maximum absolute atomic E-state index is 3.82. The highest BCUT2D eigenvalue weighted by Gasteiger charge is 2.41. The predicted octanol–water partition coefficient (Wildman–Crippen LogP) is 5.52. The summed E-state index contributed by atoms with van der Waals surface area (Å²) in [5.74, 6) is 0. The molecular weight excluding hydrogens is 306 g/mol. The Balaban J connectivity index is 2.26. The highest BCUT2D eigenvalue weighted by atomic mass is 79.9. The minimum Gasteiger partial charge on any atom is -0.309 e. The molecule has 18 heavy (non-hydrogen) atoms. The molecule has 2 rings (SSSR count). The molecule has 1 unspecified atom stereocenters. The number of thiophene rings is 1. The van der Waals surface area contributed by atoms with Crippen LogP contribution in [-0.2, 0) is 0 Å². The standard InChI is InChI=1S/C15H24BrNS/c1-3-9-17-14(12-10-18-11-13(12)16)15(4-2)7-5-6-8-15/h10-11,14,17H,3-9H2,1-2H3. The lowest BCUT2D eigenvalue weighted by molar-refractivity contribution is 0.187. The van der Waals surface area contributed by atoms with E-state index in [1.807, 2.05) is 11.3 Å². The van der Waals surface area contributed by atoms with Crippen LogP contribution in [0, 0.1) is 5.41 Å². The maximum atomic E-state index is 3.82. The first-order valence-electron chi connectivity index (χ1n) is 7.18. The first kappa shape index (κ1) is 14.5. The minimum absolute atomic E-state index is 0.485. The largest absolute Gasteiger partial charge is 0.309 e. The van der Waals surface area contributed by atoms with Crippen molar-refractivity contribution in [3.63, 3.8) is 0 Å². The van der Waals surface area contributed by atoms with Gasteiger partial charge in [-0.25, -0.2) is 0 Å². The van der Waals surface area contributed by atoms with Gasteiger partial charge in [0.05, 0.1) is 0 Å². The fourth-order valence-electron chi connectivity index (χ4n) is 3.37. The minimum atomic E-state index is 0.485. The first-order valence-corrected chi connectivity index (χ1v) is 8.92. The number of hydrogen-bond acceptors (Lipinski definition) is 2. The molecule has 1 heterocycles. The van der Waals surface area contributed by atoms with Crippen LogP contribution in [0.2, 0.25) is 0 Å². The Bertz CT molecular complexity index is 368. The van der Waals surface area contributed by atoms with Crippen LogP contribution >= 0.6 is 27.3 Å². The molecule has 1 aliphatic carbocycles. The molecule has 0 saturated heterocycles. The van der Waals surface area contributed by atoms with Crippen LogP contribution < -0.4 is 5.32 Å². The summed E-state index contributed by atoms with van der Waals surface area (Å²) in [5.41, 5.74) is 1.97. The van der Waals surface area contributed by atoms with Gasteiger partial charge in [-0.05, 0) is 64.5 Å². The van der Waals surface area contributed by atoms with Crippen molar-refractivity contribution in [1.29, 1.82) is 0 Å². The molecule has 0 bridgehead atoms. The Hall–Kier alpha value is 0.140. The third-order valence-electron chi connectivity index (χ3n) is 4.47. The summed E-state index contributed by atoms with van der Waals surface area (Å²) in [4.78, 5) is 0. The van der Waals surface area contributed by atoms with Crippen molar-refractivity contribution in [3.05, 3.63) is 20.8 Å². The number of nitrogens with one attached hydrogen (secondary N) is 1. The second-order valence-corrected chi connectivity index (χ2v) is 7.08. The zero-order valence-electron chi connectivity index (χ0n) is 11.5. The lowest BCUT2D eigenvalue weighted by atomic mass is 9.74. The molecule has 0 aromatic carbocycles. The topological polar surface area (TPSA) is 12.0 Å². The molecule has 102 valence electrons. The third-order valence-corrected chi connectivity index (χ3v) is 6.22. The van der Waals surface area contributed by atoms with Crippen LogP contribution in [0.1, 0.15) is 64.0 Å². The summed E-state index contributed by atoms with van der Waals surface area (Å²) < 4.78 is 1.29. The number of rotatable bonds is 6. The average molecular weight is 330 g/mol. The fraction of sp³-hybridized carbons (Fsp3) is 0.733. The van der Waals surface area contributed by atoms with E-state index in [0.29, 0.717) is 11.5 Å². The van der Waals surface area contributed by atoms with E-state index < -0.39 is 0 Å². The van der Waals surface area contributed by atoms with Gasteiger partial charge in [0, 0.05) is 15.9 Å². The molecule has 1 atom stereocenters. The van der Waals surface area contributed by atoms with E-state index in [0.717, 1.165) is 6.54 Å². The number of hydrogen-bond donors (Lipinski definition) is 1. The van der Waals surface area contributed by atoms with Gasteiger partial charge in [0.15, 0.2) is 0 Å². The van der Waals surface area contributed by atoms with Gasteiger partial charge in [-0.3, -0.25) is 0 Å².